The van der Waals surface area contributed by atoms with Gasteiger partial charge in [0.15, 0.2) is 5.78 Å². The molecular formula is C23H36N4O4S. The van der Waals surface area contributed by atoms with E-state index in [1.807, 2.05) is 32.2 Å². The summed E-state index contributed by atoms with van der Waals surface area (Å²) in [5, 5.41) is 8.15. The molecule has 0 aromatic carbocycles. The molecule has 0 aliphatic carbocycles. The lowest BCUT2D eigenvalue weighted by atomic mass is 9.95. The largest absolute Gasteiger partial charge is 0.347 e. The molecule has 3 amide bonds. The zero-order valence-corrected chi connectivity index (χ0v) is 20.4. The lowest BCUT2D eigenvalue weighted by molar-refractivity contribution is -0.133. The first kappa shape index (κ1) is 27.6. The van der Waals surface area contributed by atoms with Gasteiger partial charge in [0.25, 0.3) is 0 Å². The van der Waals surface area contributed by atoms with E-state index in [4.69, 9.17) is 0 Å². The molecule has 9 heteroatoms. The Morgan fingerprint density at radius 2 is 1.59 bits per heavy atom. The zero-order valence-electron chi connectivity index (χ0n) is 19.6. The fourth-order valence-electron chi connectivity index (χ4n) is 3.24. The molecule has 1 aromatic rings. The van der Waals surface area contributed by atoms with Gasteiger partial charge < -0.3 is 16.0 Å². The van der Waals surface area contributed by atoms with Crippen LogP contribution in [-0.4, -0.2) is 59.1 Å². The topological polar surface area (TPSA) is 117 Å². The summed E-state index contributed by atoms with van der Waals surface area (Å²) in [6, 6.07) is 1.38. The molecule has 0 aliphatic rings. The summed E-state index contributed by atoms with van der Waals surface area (Å²) in [6.07, 6.45) is 6.91. The van der Waals surface area contributed by atoms with Gasteiger partial charge in [0.1, 0.15) is 12.1 Å². The highest BCUT2D eigenvalue weighted by Gasteiger charge is 2.30. The van der Waals surface area contributed by atoms with E-state index in [1.165, 1.54) is 0 Å². The highest BCUT2D eigenvalue weighted by Crippen LogP contribution is 2.11. The first-order valence-corrected chi connectivity index (χ1v) is 12.3. The molecule has 1 aromatic heterocycles. The minimum Gasteiger partial charge on any atom is -0.347 e. The van der Waals surface area contributed by atoms with Crippen LogP contribution in [0.25, 0.3) is 0 Å². The summed E-state index contributed by atoms with van der Waals surface area (Å²) in [5.74, 6) is -0.327. The Morgan fingerprint density at radius 3 is 2.12 bits per heavy atom. The maximum atomic E-state index is 13.2. The van der Waals surface area contributed by atoms with Crippen LogP contribution in [0.2, 0.25) is 0 Å². The molecular weight excluding hydrogens is 428 g/mol. The van der Waals surface area contributed by atoms with Crippen molar-refractivity contribution in [2.75, 3.05) is 12.0 Å². The van der Waals surface area contributed by atoms with Crippen LogP contribution < -0.4 is 16.0 Å². The Hall–Kier alpha value is -2.42. The Kier molecular flexibility index (Phi) is 12.6. The third kappa shape index (κ3) is 9.80. The molecule has 3 N–H and O–H groups in total. The van der Waals surface area contributed by atoms with E-state index in [1.54, 1.807) is 38.0 Å². The number of nitrogens with one attached hydrogen (secondary N) is 3. The van der Waals surface area contributed by atoms with Crippen LogP contribution in [0.4, 0.5) is 0 Å². The van der Waals surface area contributed by atoms with Crippen molar-refractivity contribution < 1.29 is 19.2 Å². The number of carbonyl (C=O) groups excluding carboxylic acids is 4. The molecule has 0 saturated carbocycles. The average molecular weight is 465 g/mol. The lowest BCUT2D eigenvalue weighted by Crippen LogP contribution is -2.56. The predicted octanol–water partition coefficient (Wildman–Crippen LogP) is 1.73. The number of carbonyl (C=O) groups is 4. The molecule has 0 saturated heterocycles. The molecule has 1 rings (SSSR count). The van der Waals surface area contributed by atoms with Gasteiger partial charge in [-0.05, 0) is 54.9 Å². The van der Waals surface area contributed by atoms with Gasteiger partial charge in [-0.2, -0.15) is 11.8 Å². The van der Waals surface area contributed by atoms with Crippen molar-refractivity contribution in [2.45, 2.75) is 65.1 Å². The maximum absolute atomic E-state index is 13.2. The standard InChI is InChI=1S/C23H36N4O4S/c1-15(2)12-20(27-22(30)18(25-14-28)8-11-32-5)23(31)26-19(21(29)16(3)4)13-17-6-9-24-10-7-17/h6-7,9-10,14-16,18-20H,8,11-13H2,1-5H3,(H,25,28)(H,26,31)(H,27,30). The van der Waals surface area contributed by atoms with E-state index in [-0.39, 0.29) is 17.6 Å². The maximum Gasteiger partial charge on any atom is 0.243 e. The SMILES string of the molecule is CSCCC(NC=O)C(=O)NC(CC(C)C)C(=O)NC(Cc1ccncc1)C(=O)C(C)C. The van der Waals surface area contributed by atoms with Gasteiger partial charge in [0, 0.05) is 18.3 Å². The van der Waals surface area contributed by atoms with Gasteiger partial charge in [-0.15, -0.1) is 0 Å². The second kappa shape index (κ2) is 14.6. The van der Waals surface area contributed by atoms with E-state index < -0.39 is 29.9 Å². The molecule has 32 heavy (non-hydrogen) atoms. The number of amides is 3. The van der Waals surface area contributed by atoms with Gasteiger partial charge in [-0.25, -0.2) is 0 Å². The zero-order chi connectivity index (χ0) is 24.1. The summed E-state index contributed by atoms with van der Waals surface area (Å²) >= 11 is 1.57. The van der Waals surface area contributed by atoms with Crippen LogP contribution in [0, 0.1) is 11.8 Å². The smallest absolute Gasteiger partial charge is 0.243 e. The molecule has 0 aliphatic heterocycles. The van der Waals surface area contributed by atoms with Crippen LogP contribution in [0.3, 0.4) is 0 Å². The molecule has 0 bridgehead atoms. The first-order chi connectivity index (χ1) is 15.2. The van der Waals surface area contributed by atoms with Crippen LogP contribution >= 0.6 is 11.8 Å². The molecule has 0 radical (unpaired) electrons. The van der Waals surface area contributed by atoms with Crippen molar-refractivity contribution in [3.8, 4) is 0 Å². The van der Waals surface area contributed by atoms with E-state index in [9.17, 15) is 19.2 Å². The first-order valence-electron chi connectivity index (χ1n) is 10.9. The van der Waals surface area contributed by atoms with Gasteiger partial charge in [-0.1, -0.05) is 27.7 Å². The molecule has 1 heterocycles. The Labute approximate surface area is 195 Å². The van der Waals surface area contributed by atoms with Crippen molar-refractivity contribution in [1.29, 1.82) is 0 Å². The van der Waals surface area contributed by atoms with Crippen molar-refractivity contribution in [1.82, 2.24) is 20.9 Å². The summed E-state index contributed by atoms with van der Waals surface area (Å²) in [7, 11) is 0. The van der Waals surface area contributed by atoms with Crippen LogP contribution in [-0.2, 0) is 25.6 Å². The molecule has 0 spiro atoms. The van der Waals surface area contributed by atoms with Gasteiger partial charge >= 0.3 is 0 Å². The average Bonchev–Trinajstić information content (AvgIpc) is 2.75. The van der Waals surface area contributed by atoms with Crippen molar-refractivity contribution in [3.05, 3.63) is 30.1 Å². The number of ketones is 1. The quantitative estimate of drug-likeness (QED) is 0.340. The fraction of sp³-hybridized carbons (Fsp3) is 0.609. The predicted molar refractivity (Wildman–Crippen MR) is 127 cm³/mol. The number of pyridine rings is 1. The molecule has 3 unspecified atom stereocenters. The minimum atomic E-state index is -0.812. The summed E-state index contributed by atoms with van der Waals surface area (Å²) in [4.78, 5) is 53.6. The third-order valence-electron chi connectivity index (χ3n) is 4.95. The third-order valence-corrected chi connectivity index (χ3v) is 5.60. The molecule has 8 nitrogen and oxygen atoms in total. The van der Waals surface area contributed by atoms with Gasteiger partial charge in [0.2, 0.25) is 18.2 Å². The van der Waals surface area contributed by atoms with E-state index >= 15 is 0 Å². The van der Waals surface area contributed by atoms with Crippen molar-refractivity contribution in [3.63, 3.8) is 0 Å². The van der Waals surface area contributed by atoms with E-state index in [0.717, 1.165) is 5.56 Å². The number of aromatic nitrogens is 1. The van der Waals surface area contributed by atoms with Crippen LogP contribution in [0.5, 0.6) is 0 Å². The number of rotatable bonds is 15. The van der Waals surface area contributed by atoms with Crippen molar-refractivity contribution >= 4 is 35.8 Å². The highest BCUT2D eigenvalue weighted by molar-refractivity contribution is 7.98. The molecule has 0 fully saturated rings. The number of thioether (sulfide) groups is 1. The number of hydrogen-bond acceptors (Lipinski definition) is 6. The second-order valence-electron chi connectivity index (χ2n) is 8.49. The minimum absolute atomic E-state index is 0.0785. The number of nitrogens with zero attached hydrogens (tertiary/aromatic N) is 1. The van der Waals surface area contributed by atoms with E-state index in [0.29, 0.717) is 31.4 Å². The Bertz CT molecular complexity index is 743. The normalized spacial score (nSPS) is 13.8. The highest BCUT2D eigenvalue weighted by atomic mass is 32.2. The van der Waals surface area contributed by atoms with Gasteiger partial charge in [-0.3, -0.25) is 24.2 Å². The second-order valence-corrected chi connectivity index (χ2v) is 9.47. The molecule has 3 atom stereocenters. The fourth-order valence-corrected chi connectivity index (χ4v) is 3.71. The van der Waals surface area contributed by atoms with Crippen LogP contribution in [0.15, 0.2) is 24.5 Å². The molecule has 178 valence electrons. The van der Waals surface area contributed by atoms with Gasteiger partial charge in [0.05, 0.1) is 6.04 Å². The number of hydrogen-bond donors (Lipinski definition) is 3. The summed E-state index contributed by atoms with van der Waals surface area (Å²) in [5.41, 5.74) is 0.885. The summed E-state index contributed by atoms with van der Waals surface area (Å²) in [6.45, 7) is 7.50. The van der Waals surface area contributed by atoms with Crippen LogP contribution in [0.1, 0.15) is 46.1 Å². The van der Waals surface area contributed by atoms with Crippen molar-refractivity contribution in [2.24, 2.45) is 11.8 Å². The lowest BCUT2D eigenvalue weighted by Gasteiger charge is -2.26. The Morgan fingerprint density at radius 1 is 1.00 bits per heavy atom. The monoisotopic (exact) mass is 464 g/mol. The van der Waals surface area contributed by atoms with E-state index in [2.05, 4.69) is 20.9 Å². The summed E-state index contributed by atoms with van der Waals surface area (Å²) < 4.78 is 0. The Balaban J connectivity index is 2.99. The number of Topliss-reactive ketones (excluding diaryl/α,β-unsaturated/α-hetero) is 1.